The second-order valence-electron chi connectivity index (χ2n) is 5.20. The van der Waals surface area contributed by atoms with Crippen LogP contribution in [-0.2, 0) is 0 Å². The quantitative estimate of drug-likeness (QED) is 0.847. The van der Waals surface area contributed by atoms with Crippen molar-refractivity contribution in [3.63, 3.8) is 0 Å². The normalized spacial score (nSPS) is 24.1. The number of amides is 1. The lowest BCUT2D eigenvalue weighted by molar-refractivity contribution is 0.0767. The van der Waals surface area contributed by atoms with Crippen molar-refractivity contribution < 1.29 is 4.79 Å². The van der Waals surface area contributed by atoms with Crippen LogP contribution in [0.2, 0.25) is 5.02 Å². The molecule has 2 aliphatic rings. The molecule has 2 fully saturated rings. The van der Waals surface area contributed by atoms with E-state index in [4.69, 9.17) is 11.6 Å². The van der Waals surface area contributed by atoms with Crippen LogP contribution in [0.25, 0.3) is 0 Å². The fourth-order valence-corrected chi connectivity index (χ4v) is 3.08. The van der Waals surface area contributed by atoms with Gasteiger partial charge in [-0.2, -0.15) is 0 Å². The number of hydrogen-bond acceptors (Lipinski definition) is 5. The predicted molar refractivity (Wildman–Crippen MR) is 75.8 cm³/mol. The van der Waals surface area contributed by atoms with Crippen molar-refractivity contribution in [2.24, 2.45) is 0 Å². The molecule has 7 heteroatoms. The molecule has 1 amide bonds. The van der Waals surface area contributed by atoms with E-state index in [-0.39, 0.29) is 5.91 Å². The summed E-state index contributed by atoms with van der Waals surface area (Å²) in [5.41, 5.74) is 0.308. The maximum Gasteiger partial charge on any atom is 0.274 e. The lowest BCUT2D eigenvalue weighted by Crippen LogP contribution is -2.49. The number of hydrogen-bond donors (Lipinski definition) is 1. The minimum absolute atomic E-state index is 0.0879. The number of aromatic nitrogens is 2. The molecule has 0 aromatic carbocycles. The number of rotatable bonds is 2. The average Bonchev–Trinajstić information content (AvgIpc) is 2.98. The van der Waals surface area contributed by atoms with Gasteiger partial charge >= 0.3 is 0 Å². The number of piperazine rings is 1. The Labute approximate surface area is 123 Å². The molecule has 1 N–H and O–H groups in total. The van der Waals surface area contributed by atoms with Gasteiger partial charge in [-0.25, -0.2) is 9.97 Å². The van der Waals surface area contributed by atoms with Gasteiger partial charge in [-0.05, 0) is 6.42 Å². The number of nitrogens with zero attached hydrogens (tertiary/aromatic N) is 4. The summed E-state index contributed by atoms with van der Waals surface area (Å²) >= 11 is 5.99. The Bertz CT molecular complexity index is 491. The molecule has 0 bridgehead atoms. The molecule has 0 spiro atoms. The summed E-state index contributed by atoms with van der Waals surface area (Å²) in [6.07, 6.45) is 3.85. The van der Waals surface area contributed by atoms with Gasteiger partial charge < -0.3 is 10.2 Å². The third-order valence-electron chi connectivity index (χ3n) is 3.99. The Balaban J connectivity index is 1.65. The monoisotopic (exact) mass is 295 g/mol. The first-order chi connectivity index (χ1) is 9.75. The third-order valence-corrected chi connectivity index (χ3v) is 4.27. The second-order valence-corrected chi connectivity index (χ2v) is 5.61. The average molecular weight is 296 g/mol. The first-order valence-electron chi connectivity index (χ1n) is 6.95. The Morgan fingerprint density at radius 1 is 1.35 bits per heavy atom. The fraction of sp³-hybridized carbons (Fsp3) is 0.615. The van der Waals surface area contributed by atoms with E-state index in [1.807, 2.05) is 4.90 Å². The Morgan fingerprint density at radius 2 is 2.15 bits per heavy atom. The van der Waals surface area contributed by atoms with Crippen molar-refractivity contribution >= 4 is 17.5 Å². The lowest BCUT2D eigenvalue weighted by atomic mass is 10.2. The zero-order chi connectivity index (χ0) is 13.9. The van der Waals surface area contributed by atoms with Gasteiger partial charge in [-0.1, -0.05) is 11.6 Å². The van der Waals surface area contributed by atoms with Gasteiger partial charge in [0.2, 0.25) is 0 Å². The summed E-state index contributed by atoms with van der Waals surface area (Å²) in [7, 11) is 0. The van der Waals surface area contributed by atoms with Gasteiger partial charge in [0, 0.05) is 51.5 Å². The van der Waals surface area contributed by atoms with Gasteiger partial charge in [-0.15, -0.1) is 0 Å². The second kappa shape index (κ2) is 6.03. The zero-order valence-electron chi connectivity index (χ0n) is 11.3. The highest BCUT2D eigenvalue weighted by Crippen LogP contribution is 2.20. The lowest BCUT2D eigenvalue weighted by Gasteiger charge is -2.32. The molecule has 1 unspecified atom stereocenters. The molecule has 20 heavy (non-hydrogen) atoms. The molecular weight excluding hydrogens is 278 g/mol. The fourth-order valence-electron chi connectivity index (χ4n) is 2.89. The van der Waals surface area contributed by atoms with E-state index in [1.54, 1.807) is 0 Å². The number of halogens is 1. The van der Waals surface area contributed by atoms with Crippen molar-refractivity contribution in [2.45, 2.75) is 12.5 Å². The van der Waals surface area contributed by atoms with Crippen molar-refractivity contribution in [1.82, 2.24) is 25.1 Å². The van der Waals surface area contributed by atoms with Gasteiger partial charge in [0.15, 0.2) is 0 Å². The van der Waals surface area contributed by atoms with Crippen LogP contribution >= 0.6 is 11.6 Å². The van der Waals surface area contributed by atoms with Crippen LogP contribution < -0.4 is 5.32 Å². The van der Waals surface area contributed by atoms with Crippen LogP contribution in [0.4, 0.5) is 0 Å². The number of nitrogens with one attached hydrogen (secondary N) is 1. The molecular formula is C13H18ClN5O. The van der Waals surface area contributed by atoms with Crippen LogP contribution in [0.1, 0.15) is 16.9 Å². The molecule has 2 aliphatic heterocycles. The van der Waals surface area contributed by atoms with Crippen LogP contribution in [0.5, 0.6) is 0 Å². The van der Waals surface area contributed by atoms with Crippen LogP contribution in [0.3, 0.4) is 0 Å². The van der Waals surface area contributed by atoms with Crippen LogP contribution in [0, 0.1) is 0 Å². The molecule has 3 rings (SSSR count). The summed E-state index contributed by atoms with van der Waals surface area (Å²) in [5.74, 6) is -0.0879. The summed E-state index contributed by atoms with van der Waals surface area (Å²) < 4.78 is 0. The van der Waals surface area contributed by atoms with E-state index >= 15 is 0 Å². The van der Waals surface area contributed by atoms with Gasteiger partial charge in [0.25, 0.3) is 5.91 Å². The smallest absolute Gasteiger partial charge is 0.274 e. The largest absolute Gasteiger partial charge is 0.336 e. The Kier molecular flexibility index (Phi) is 4.14. The molecule has 2 saturated heterocycles. The molecule has 3 heterocycles. The molecule has 1 aromatic heterocycles. The molecule has 108 valence electrons. The van der Waals surface area contributed by atoms with E-state index in [2.05, 4.69) is 20.2 Å². The summed E-state index contributed by atoms with van der Waals surface area (Å²) in [6, 6.07) is 0.460. The highest BCUT2D eigenvalue weighted by Gasteiger charge is 2.32. The third kappa shape index (κ3) is 2.77. The van der Waals surface area contributed by atoms with Crippen LogP contribution in [-0.4, -0.2) is 71.0 Å². The molecule has 6 nitrogen and oxygen atoms in total. The maximum absolute atomic E-state index is 12.4. The Morgan fingerprint density at radius 3 is 2.90 bits per heavy atom. The van der Waals surface area contributed by atoms with E-state index < -0.39 is 0 Å². The SMILES string of the molecule is O=C(c1ncncc1Cl)N1CCC(N2CCNCC2)C1. The standard InChI is InChI=1S/C13H18ClN5O/c14-11-7-16-9-17-12(11)13(20)19-4-1-10(8-19)18-5-2-15-3-6-18/h7,9-10,15H,1-6,8H2. The topological polar surface area (TPSA) is 61.4 Å². The summed E-state index contributed by atoms with van der Waals surface area (Å²) in [6.45, 7) is 5.71. The number of likely N-dealkylation sites (tertiary alicyclic amines) is 1. The number of carbonyl (C=O) groups excluding carboxylic acids is 1. The molecule has 0 radical (unpaired) electrons. The minimum atomic E-state index is -0.0879. The zero-order valence-corrected chi connectivity index (χ0v) is 12.0. The molecule has 0 saturated carbocycles. The van der Waals surface area contributed by atoms with E-state index in [9.17, 15) is 4.79 Å². The Hall–Kier alpha value is -1.24. The van der Waals surface area contributed by atoms with Crippen molar-refractivity contribution in [2.75, 3.05) is 39.3 Å². The van der Waals surface area contributed by atoms with Crippen molar-refractivity contribution in [3.8, 4) is 0 Å². The minimum Gasteiger partial charge on any atom is -0.336 e. The summed E-state index contributed by atoms with van der Waals surface area (Å²) in [5, 5.41) is 3.67. The number of carbonyl (C=O) groups is 1. The van der Waals surface area contributed by atoms with Crippen molar-refractivity contribution in [1.29, 1.82) is 0 Å². The van der Waals surface area contributed by atoms with Gasteiger partial charge in [0.1, 0.15) is 12.0 Å². The highest BCUT2D eigenvalue weighted by molar-refractivity contribution is 6.33. The van der Waals surface area contributed by atoms with Gasteiger partial charge in [-0.3, -0.25) is 9.69 Å². The molecule has 1 aromatic rings. The van der Waals surface area contributed by atoms with Crippen LogP contribution in [0.15, 0.2) is 12.5 Å². The van der Waals surface area contributed by atoms with E-state index in [0.29, 0.717) is 16.8 Å². The predicted octanol–water partition coefficient (Wildman–Crippen LogP) is 0.250. The summed E-state index contributed by atoms with van der Waals surface area (Å²) in [4.78, 5) is 24.5. The highest BCUT2D eigenvalue weighted by atomic mass is 35.5. The van der Waals surface area contributed by atoms with E-state index in [1.165, 1.54) is 12.5 Å². The van der Waals surface area contributed by atoms with Crippen molar-refractivity contribution in [3.05, 3.63) is 23.2 Å². The first kappa shape index (κ1) is 13.7. The van der Waals surface area contributed by atoms with E-state index in [0.717, 1.165) is 45.7 Å². The first-order valence-corrected chi connectivity index (χ1v) is 7.33. The molecule has 0 aliphatic carbocycles. The molecule has 1 atom stereocenters. The maximum atomic E-state index is 12.4. The van der Waals surface area contributed by atoms with Gasteiger partial charge in [0.05, 0.1) is 5.02 Å².